The molecule has 0 aliphatic heterocycles. The van der Waals surface area contributed by atoms with E-state index in [9.17, 15) is 43.2 Å². The third-order valence-electron chi connectivity index (χ3n) is 18.3. The summed E-state index contributed by atoms with van der Waals surface area (Å²) >= 11 is 0. The molecule has 0 bridgehead atoms. The van der Waals surface area contributed by atoms with Crippen molar-refractivity contribution in [2.45, 2.75) is 419 Å². The third-order valence-corrected chi connectivity index (χ3v) is 20.2. The summed E-state index contributed by atoms with van der Waals surface area (Å²) in [6.45, 7) is 9.64. The summed E-state index contributed by atoms with van der Waals surface area (Å²) in [5.41, 5.74) is 0. The van der Waals surface area contributed by atoms with Gasteiger partial charge in [-0.05, 0) is 37.5 Å². The highest BCUT2D eigenvalue weighted by molar-refractivity contribution is 7.47. The Labute approximate surface area is 588 Å². The molecule has 17 nitrogen and oxygen atoms in total. The van der Waals surface area contributed by atoms with Crippen molar-refractivity contribution in [3.05, 3.63) is 0 Å². The van der Waals surface area contributed by atoms with E-state index in [0.29, 0.717) is 25.7 Å². The van der Waals surface area contributed by atoms with Gasteiger partial charge in [-0.15, -0.1) is 0 Å². The van der Waals surface area contributed by atoms with Crippen molar-refractivity contribution in [2.24, 2.45) is 11.8 Å². The smallest absolute Gasteiger partial charge is 0.462 e. The van der Waals surface area contributed by atoms with E-state index in [4.69, 9.17) is 37.0 Å². The van der Waals surface area contributed by atoms with Crippen LogP contribution in [0.5, 0.6) is 0 Å². The first kappa shape index (κ1) is 94.1. The number of phosphoric ester groups is 2. The second-order valence-electron chi connectivity index (χ2n) is 28.5. The van der Waals surface area contributed by atoms with Crippen LogP contribution in [0.15, 0.2) is 0 Å². The van der Waals surface area contributed by atoms with Crippen molar-refractivity contribution in [2.75, 3.05) is 39.6 Å². The topological polar surface area (TPSA) is 237 Å². The zero-order valence-electron chi connectivity index (χ0n) is 62.7. The maximum absolute atomic E-state index is 13.1. The predicted octanol–water partition coefficient (Wildman–Crippen LogP) is 22.7. The van der Waals surface area contributed by atoms with Crippen LogP contribution in [0.1, 0.15) is 401 Å². The molecule has 0 aromatic carbocycles. The van der Waals surface area contributed by atoms with Gasteiger partial charge in [0.1, 0.15) is 19.3 Å². The van der Waals surface area contributed by atoms with Gasteiger partial charge in [0.25, 0.3) is 0 Å². The van der Waals surface area contributed by atoms with Gasteiger partial charge in [-0.1, -0.05) is 350 Å². The van der Waals surface area contributed by atoms with E-state index in [1.54, 1.807) is 0 Å². The van der Waals surface area contributed by atoms with Crippen LogP contribution in [-0.2, 0) is 65.4 Å². The Morgan fingerprint density at radius 2 is 0.531 bits per heavy atom. The van der Waals surface area contributed by atoms with Crippen molar-refractivity contribution >= 4 is 39.5 Å². The fourth-order valence-electron chi connectivity index (χ4n) is 11.8. The van der Waals surface area contributed by atoms with Crippen molar-refractivity contribution in [1.29, 1.82) is 0 Å². The highest BCUT2D eigenvalue weighted by Crippen LogP contribution is 2.45. The third kappa shape index (κ3) is 69.2. The quantitative estimate of drug-likeness (QED) is 0.0222. The number of aliphatic hydroxyl groups is 1. The zero-order valence-corrected chi connectivity index (χ0v) is 64.5. The maximum Gasteiger partial charge on any atom is 0.472 e. The number of unbranched alkanes of at least 4 members (excludes halogenated alkanes) is 45. The van der Waals surface area contributed by atoms with Crippen LogP contribution in [0.25, 0.3) is 0 Å². The normalized spacial score (nSPS) is 14.3. The number of hydrogen-bond donors (Lipinski definition) is 3. The fraction of sp³-hybridized carbons (Fsp3) is 0.948. The minimum absolute atomic E-state index is 0.106. The first-order valence-electron chi connectivity index (χ1n) is 40.0. The molecule has 3 unspecified atom stereocenters. The van der Waals surface area contributed by atoms with Crippen LogP contribution in [-0.4, -0.2) is 96.7 Å². The van der Waals surface area contributed by atoms with Crippen LogP contribution < -0.4 is 0 Å². The summed E-state index contributed by atoms with van der Waals surface area (Å²) in [5, 5.41) is 10.6. The molecule has 0 aromatic heterocycles. The highest BCUT2D eigenvalue weighted by Gasteiger charge is 2.30. The minimum Gasteiger partial charge on any atom is -0.462 e. The summed E-state index contributed by atoms with van der Waals surface area (Å²) in [5.74, 6) is -0.504. The number of aliphatic hydroxyl groups excluding tert-OH is 1. The molecule has 3 N–H and O–H groups in total. The van der Waals surface area contributed by atoms with Crippen LogP contribution >= 0.6 is 15.6 Å². The van der Waals surface area contributed by atoms with Gasteiger partial charge in [0.05, 0.1) is 26.4 Å². The van der Waals surface area contributed by atoms with Crippen LogP contribution in [0, 0.1) is 11.8 Å². The van der Waals surface area contributed by atoms with Gasteiger partial charge in [0.15, 0.2) is 12.2 Å². The lowest BCUT2D eigenvalue weighted by Crippen LogP contribution is -2.30. The number of carbonyl (C=O) groups excluding carboxylic acids is 4. The Morgan fingerprint density at radius 3 is 0.792 bits per heavy atom. The van der Waals surface area contributed by atoms with E-state index < -0.39 is 97.5 Å². The van der Waals surface area contributed by atoms with Crippen LogP contribution in [0.2, 0.25) is 0 Å². The van der Waals surface area contributed by atoms with E-state index in [1.807, 2.05) is 0 Å². The van der Waals surface area contributed by atoms with Gasteiger partial charge in [0.2, 0.25) is 0 Å². The molecule has 0 heterocycles. The van der Waals surface area contributed by atoms with E-state index >= 15 is 0 Å². The second-order valence-corrected chi connectivity index (χ2v) is 31.4. The molecular weight excluding hydrogens is 1260 g/mol. The highest BCUT2D eigenvalue weighted by atomic mass is 31.2. The van der Waals surface area contributed by atoms with Gasteiger partial charge < -0.3 is 33.8 Å². The Bertz CT molecular complexity index is 1860. The molecule has 0 amide bonds. The van der Waals surface area contributed by atoms with Gasteiger partial charge >= 0.3 is 39.5 Å². The van der Waals surface area contributed by atoms with Crippen LogP contribution in [0.4, 0.5) is 0 Å². The van der Waals surface area contributed by atoms with Crippen molar-refractivity contribution in [1.82, 2.24) is 0 Å². The largest absolute Gasteiger partial charge is 0.472 e. The number of ether oxygens (including phenoxy) is 4. The molecule has 6 atom stereocenters. The van der Waals surface area contributed by atoms with Gasteiger partial charge in [-0.25, -0.2) is 9.13 Å². The van der Waals surface area contributed by atoms with E-state index in [-0.39, 0.29) is 25.7 Å². The Hall–Kier alpha value is -1.94. The Kier molecular flexibility index (Phi) is 67.4. The number of rotatable bonds is 76. The summed E-state index contributed by atoms with van der Waals surface area (Å²) in [6, 6.07) is 0. The molecule has 0 spiro atoms. The molecule has 0 fully saturated rings. The molecule has 96 heavy (non-hydrogen) atoms. The Morgan fingerprint density at radius 1 is 0.302 bits per heavy atom. The van der Waals surface area contributed by atoms with Gasteiger partial charge in [-0.2, -0.15) is 0 Å². The lowest BCUT2D eigenvalue weighted by molar-refractivity contribution is -0.161. The van der Waals surface area contributed by atoms with Crippen molar-refractivity contribution < 1.29 is 80.2 Å². The average Bonchev–Trinajstić information content (AvgIpc) is 1.21. The molecule has 0 radical (unpaired) electrons. The predicted molar refractivity (Wildman–Crippen MR) is 391 cm³/mol. The van der Waals surface area contributed by atoms with Crippen LogP contribution in [0.3, 0.4) is 0 Å². The molecule has 0 aromatic rings. The molecule has 0 saturated carbocycles. The first-order chi connectivity index (χ1) is 46.4. The lowest BCUT2D eigenvalue weighted by Gasteiger charge is -2.21. The molecular formula is C77H150O17P2. The molecule has 0 aliphatic carbocycles. The molecule has 19 heteroatoms. The zero-order chi connectivity index (χ0) is 70.7. The summed E-state index contributed by atoms with van der Waals surface area (Å²) in [4.78, 5) is 72.8. The van der Waals surface area contributed by atoms with E-state index in [2.05, 4.69) is 41.5 Å². The van der Waals surface area contributed by atoms with E-state index in [0.717, 1.165) is 108 Å². The standard InChI is InChI=1S/C77H150O17P2/c1-7-10-12-14-16-18-19-20-21-22-26-31-36-42-48-54-60-75(80)88-66-73(94-76(81)61-55-49-43-37-32-27-24-23-25-30-35-40-46-52-58-70(6)9-3)68-92-96(85,86)90-64-71(78)63-89-95(83,84)91-67-72(65-87-74(79)59-53-47-41-17-15-13-11-8-2)93-77(82)62-56-50-44-38-33-28-29-34-39-45-51-57-69(4)5/h69-73,78H,7-68H2,1-6H3,(H,83,84)(H,85,86)/t70?,71-,72+,73+/m0/s1. The monoisotopic (exact) mass is 1410 g/mol. The second kappa shape index (κ2) is 68.8. The van der Waals surface area contributed by atoms with Gasteiger partial charge in [0, 0.05) is 25.7 Å². The fourth-order valence-corrected chi connectivity index (χ4v) is 13.4. The summed E-state index contributed by atoms with van der Waals surface area (Å²) in [6.07, 6.45) is 56.8. The number of esters is 4. The number of carbonyl (C=O) groups is 4. The maximum atomic E-state index is 13.1. The summed E-state index contributed by atoms with van der Waals surface area (Å²) < 4.78 is 68.5. The SMILES string of the molecule is CCCCCCCCCCCCCCCCCCC(=O)OC[C@H](COP(=O)(O)OC[C@@H](O)COP(=O)(O)OC[C@@H](COC(=O)CCCCCCCCCC)OC(=O)CCCCCCCCCCCCCC(C)C)OC(=O)CCCCCCCCCCCCCCCCC(C)CC. The number of hydrogen-bond acceptors (Lipinski definition) is 15. The molecule has 0 saturated heterocycles. The Balaban J connectivity index is 5.22. The lowest BCUT2D eigenvalue weighted by atomic mass is 9.99. The van der Waals surface area contributed by atoms with Crippen molar-refractivity contribution in [3.63, 3.8) is 0 Å². The minimum atomic E-state index is -4.96. The average molecular weight is 1410 g/mol. The molecule has 0 aliphatic rings. The van der Waals surface area contributed by atoms with E-state index in [1.165, 1.54) is 212 Å². The molecule has 0 rings (SSSR count). The molecule has 570 valence electrons. The van der Waals surface area contributed by atoms with Crippen molar-refractivity contribution in [3.8, 4) is 0 Å². The first-order valence-corrected chi connectivity index (χ1v) is 43.0. The number of phosphoric acid groups is 2. The van der Waals surface area contributed by atoms with Gasteiger partial charge in [-0.3, -0.25) is 37.3 Å². The summed E-state index contributed by atoms with van der Waals surface area (Å²) in [7, 11) is -9.91.